The van der Waals surface area contributed by atoms with Crippen molar-refractivity contribution in [2.45, 2.75) is 38.2 Å². The zero-order valence-corrected chi connectivity index (χ0v) is 6.12. The van der Waals surface area contributed by atoms with E-state index in [1.165, 1.54) is 32.1 Å². The monoisotopic (exact) mass is 139 g/mol. The van der Waals surface area contributed by atoms with E-state index in [2.05, 4.69) is 5.16 Å². The van der Waals surface area contributed by atoms with Gasteiger partial charge >= 0.3 is 0 Å². The molecule has 0 unspecified atom stereocenters. The van der Waals surface area contributed by atoms with E-state index in [-0.39, 0.29) is 0 Å². The highest BCUT2D eigenvalue weighted by Gasteiger charge is 2.23. The topological polar surface area (TPSA) is 21.6 Å². The van der Waals surface area contributed by atoms with Crippen molar-refractivity contribution in [1.82, 2.24) is 0 Å². The number of hydrogen-bond donors (Lipinski definition) is 0. The summed E-state index contributed by atoms with van der Waals surface area (Å²) in [5.74, 6) is 0.735. The number of oxime groups is 1. The molecule has 10 heavy (non-hydrogen) atoms. The van der Waals surface area contributed by atoms with Crippen LogP contribution in [0.1, 0.15) is 32.1 Å². The molecule has 0 aromatic rings. The van der Waals surface area contributed by atoms with Crippen LogP contribution in [0.15, 0.2) is 5.16 Å². The Balaban J connectivity index is 1.61. The maximum absolute atomic E-state index is 5.13. The van der Waals surface area contributed by atoms with Gasteiger partial charge in [0.1, 0.15) is 6.10 Å². The lowest BCUT2D eigenvalue weighted by Crippen LogP contribution is -2.12. The van der Waals surface area contributed by atoms with Crippen LogP contribution in [0, 0.1) is 5.92 Å². The van der Waals surface area contributed by atoms with E-state index >= 15 is 0 Å². The van der Waals surface area contributed by atoms with Crippen LogP contribution in [-0.2, 0) is 4.84 Å². The Labute approximate surface area is 61.2 Å². The van der Waals surface area contributed by atoms with Crippen molar-refractivity contribution in [3.8, 4) is 0 Å². The Kier molecular flexibility index (Phi) is 1.61. The van der Waals surface area contributed by atoms with E-state index in [0.29, 0.717) is 6.10 Å². The van der Waals surface area contributed by atoms with Gasteiger partial charge in [0, 0.05) is 6.21 Å². The normalized spacial score (nSPS) is 26.8. The van der Waals surface area contributed by atoms with Crippen molar-refractivity contribution in [2.75, 3.05) is 0 Å². The molecule has 0 aromatic heterocycles. The molecule has 2 fully saturated rings. The summed E-state index contributed by atoms with van der Waals surface area (Å²) in [4.78, 5) is 5.13. The molecule has 2 rings (SSSR count). The van der Waals surface area contributed by atoms with Crippen molar-refractivity contribution in [3.05, 3.63) is 0 Å². The van der Waals surface area contributed by atoms with Crippen molar-refractivity contribution in [2.24, 2.45) is 11.1 Å². The largest absolute Gasteiger partial charge is 0.393 e. The van der Waals surface area contributed by atoms with E-state index in [1.807, 2.05) is 6.21 Å². The second kappa shape index (κ2) is 2.60. The van der Waals surface area contributed by atoms with E-state index < -0.39 is 0 Å². The van der Waals surface area contributed by atoms with Crippen LogP contribution < -0.4 is 0 Å². The van der Waals surface area contributed by atoms with Crippen molar-refractivity contribution in [3.63, 3.8) is 0 Å². The minimum absolute atomic E-state index is 0.469. The summed E-state index contributed by atoms with van der Waals surface area (Å²) in [6.45, 7) is 0. The molecule has 0 aromatic carbocycles. The van der Waals surface area contributed by atoms with Gasteiger partial charge in [-0.05, 0) is 31.6 Å². The maximum Gasteiger partial charge on any atom is 0.127 e. The minimum Gasteiger partial charge on any atom is -0.393 e. The van der Waals surface area contributed by atoms with Crippen LogP contribution in [0.3, 0.4) is 0 Å². The molecule has 0 amide bonds. The van der Waals surface area contributed by atoms with Gasteiger partial charge in [-0.15, -0.1) is 0 Å². The third-order valence-corrected chi connectivity index (χ3v) is 2.16. The SMILES string of the molecule is C(=NOC1CC1)C1CCC1. The molecule has 0 bridgehead atoms. The lowest BCUT2D eigenvalue weighted by Gasteiger charge is -2.19. The average Bonchev–Trinajstić information content (AvgIpc) is 2.58. The smallest absolute Gasteiger partial charge is 0.127 e. The molecule has 2 nitrogen and oxygen atoms in total. The summed E-state index contributed by atoms with van der Waals surface area (Å²) in [6, 6.07) is 0. The Hall–Kier alpha value is -0.530. The summed E-state index contributed by atoms with van der Waals surface area (Å²) < 4.78 is 0. The minimum atomic E-state index is 0.469. The fraction of sp³-hybridized carbons (Fsp3) is 0.875. The predicted octanol–water partition coefficient (Wildman–Crippen LogP) is 1.95. The lowest BCUT2D eigenvalue weighted by molar-refractivity contribution is 0.128. The van der Waals surface area contributed by atoms with Gasteiger partial charge in [-0.3, -0.25) is 0 Å². The molecule has 0 radical (unpaired) electrons. The van der Waals surface area contributed by atoms with Crippen LogP contribution in [-0.4, -0.2) is 12.3 Å². The summed E-state index contributed by atoms with van der Waals surface area (Å²) in [5.41, 5.74) is 0. The molecule has 56 valence electrons. The second-order valence-corrected chi connectivity index (χ2v) is 3.25. The van der Waals surface area contributed by atoms with E-state index in [9.17, 15) is 0 Å². The third-order valence-electron chi connectivity index (χ3n) is 2.16. The lowest BCUT2D eigenvalue weighted by atomic mass is 9.87. The quantitative estimate of drug-likeness (QED) is 0.432. The van der Waals surface area contributed by atoms with Gasteiger partial charge in [-0.25, -0.2) is 0 Å². The molecule has 0 atom stereocenters. The summed E-state index contributed by atoms with van der Waals surface area (Å²) >= 11 is 0. The zero-order valence-electron chi connectivity index (χ0n) is 6.12. The summed E-state index contributed by atoms with van der Waals surface area (Å²) in [5, 5.41) is 3.93. The first-order valence-corrected chi connectivity index (χ1v) is 4.14. The average molecular weight is 139 g/mol. The number of hydrogen-bond acceptors (Lipinski definition) is 2. The number of nitrogens with zero attached hydrogens (tertiary/aromatic N) is 1. The summed E-state index contributed by atoms with van der Waals surface area (Å²) in [6.07, 6.45) is 8.87. The van der Waals surface area contributed by atoms with Gasteiger partial charge in [0.25, 0.3) is 0 Å². The van der Waals surface area contributed by atoms with Crippen molar-refractivity contribution >= 4 is 6.21 Å². The molecule has 2 aliphatic carbocycles. The molecular weight excluding hydrogens is 126 g/mol. The second-order valence-electron chi connectivity index (χ2n) is 3.25. The Morgan fingerprint density at radius 1 is 1.20 bits per heavy atom. The van der Waals surface area contributed by atoms with E-state index in [4.69, 9.17) is 4.84 Å². The van der Waals surface area contributed by atoms with Crippen molar-refractivity contribution < 1.29 is 4.84 Å². The molecular formula is C8H13NO. The summed E-state index contributed by atoms with van der Waals surface area (Å²) in [7, 11) is 0. The number of rotatable bonds is 3. The highest BCUT2D eigenvalue weighted by atomic mass is 16.6. The first kappa shape index (κ1) is 6.20. The van der Waals surface area contributed by atoms with Gasteiger partial charge in [-0.2, -0.15) is 0 Å². The molecule has 2 aliphatic rings. The van der Waals surface area contributed by atoms with Gasteiger partial charge in [-0.1, -0.05) is 11.6 Å². The van der Waals surface area contributed by atoms with Crippen LogP contribution in [0.2, 0.25) is 0 Å². The molecule has 2 heteroatoms. The van der Waals surface area contributed by atoms with Gasteiger partial charge in [0.05, 0.1) is 0 Å². The highest BCUT2D eigenvalue weighted by molar-refractivity contribution is 5.60. The van der Waals surface area contributed by atoms with Crippen LogP contribution in [0.5, 0.6) is 0 Å². The van der Waals surface area contributed by atoms with E-state index in [1.54, 1.807) is 0 Å². The standard InChI is InChI=1S/C8H13NO/c1-2-7(3-1)6-9-10-8-4-5-8/h6-8H,1-5H2. The van der Waals surface area contributed by atoms with Crippen LogP contribution >= 0.6 is 0 Å². The third kappa shape index (κ3) is 1.49. The Morgan fingerprint density at radius 2 is 2.00 bits per heavy atom. The molecule has 0 heterocycles. The molecule has 0 N–H and O–H groups in total. The van der Waals surface area contributed by atoms with Crippen LogP contribution in [0.4, 0.5) is 0 Å². The van der Waals surface area contributed by atoms with E-state index in [0.717, 1.165) is 5.92 Å². The van der Waals surface area contributed by atoms with Gasteiger partial charge in [0.2, 0.25) is 0 Å². The van der Waals surface area contributed by atoms with Gasteiger partial charge < -0.3 is 4.84 Å². The van der Waals surface area contributed by atoms with Crippen LogP contribution in [0.25, 0.3) is 0 Å². The first-order valence-electron chi connectivity index (χ1n) is 4.14. The van der Waals surface area contributed by atoms with Gasteiger partial charge in [0.15, 0.2) is 0 Å². The first-order chi connectivity index (χ1) is 4.95. The molecule has 0 aliphatic heterocycles. The fourth-order valence-electron chi connectivity index (χ4n) is 0.970. The molecule has 2 saturated carbocycles. The molecule has 0 saturated heterocycles. The Bertz CT molecular complexity index is 136. The highest BCUT2D eigenvalue weighted by Crippen LogP contribution is 2.26. The maximum atomic E-state index is 5.13. The fourth-order valence-corrected chi connectivity index (χ4v) is 0.970. The van der Waals surface area contributed by atoms with Crippen molar-refractivity contribution in [1.29, 1.82) is 0 Å². The zero-order chi connectivity index (χ0) is 6.81. The predicted molar refractivity (Wildman–Crippen MR) is 39.9 cm³/mol. The Morgan fingerprint density at radius 3 is 2.50 bits per heavy atom. The molecule has 0 spiro atoms.